The van der Waals surface area contributed by atoms with E-state index in [0.717, 1.165) is 12.5 Å². The number of rotatable bonds is 8. The van der Waals surface area contributed by atoms with E-state index in [2.05, 4.69) is 45.1 Å². The van der Waals surface area contributed by atoms with Crippen LogP contribution in [-0.4, -0.2) is 37.1 Å². The lowest BCUT2D eigenvalue weighted by atomic mass is 9.84. The fourth-order valence-corrected chi connectivity index (χ4v) is 2.56. The third-order valence-corrected chi connectivity index (χ3v) is 4.50. The molecule has 1 rings (SSSR count). The Morgan fingerprint density at radius 2 is 1.94 bits per heavy atom. The minimum atomic E-state index is 0.297. The van der Waals surface area contributed by atoms with E-state index in [1.165, 1.54) is 32.1 Å². The zero-order valence-corrected chi connectivity index (χ0v) is 11.8. The lowest BCUT2D eigenvalue weighted by Gasteiger charge is -2.43. The summed E-state index contributed by atoms with van der Waals surface area (Å²) in [5.74, 6) is 1.05. The van der Waals surface area contributed by atoms with Crippen LogP contribution in [-0.2, 0) is 0 Å². The van der Waals surface area contributed by atoms with E-state index in [1.807, 2.05) is 0 Å². The maximum atomic E-state index is 3.70. The molecule has 0 aromatic rings. The summed E-state index contributed by atoms with van der Waals surface area (Å²) >= 11 is 0. The highest BCUT2D eigenvalue weighted by molar-refractivity contribution is 4.94. The fraction of sp³-hybridized carbons (Fsp3) is 1.00. The van der Waals surface area contributed by atoms with Crippen molar-refractivity contribution in [2.75, 3.05) is 20.6 Å². The zero-order valence-electron chi connectivity index (χ0n) is 11.8. The monoisotopic (exact) mass is 226 g/mol. The average Bonchev–Trinajstić information content (AvgIpc) is 3.06. The van der Waals surface area contributed by atoms with E-state index in [1.54, 1.807) is 0 Å². The largest absolute Gasteiger partial charge is 0.312 e. The first-order valence-electron chi connectivity index (χ1n) is 6.95. The van der Waals surface area contributed by atoms with Crippen molar-refractivity contribution in [1.29, 1.82) is 0 Å². The Morgan fingerprint density at radius 1 is 1.31 bits per heavy atom. The van der Waals surface area contributed by atoms with Gasteiger partial charge in [-0.05, 0) is 52.7 Å². The van der Waals surface area contributed by atoms with Gasteiger partial charge in [0.25, 0.3) is 0 Å². The third-order valence-electron chi connectivity index (χ3n) is 4.50. The quantitative estimate of drug-likeness (QED) is 0.684. The van der Waals surface area contributed by atoms with Crippen molar-refractivity contribution < 1.29 is 0 Å². The molecule has 1 fully saturated rings. The minimum absolute atomic E-state index is 0.297. The molecule has 16 heavy (non-hydrogen) atoms. The lowest BCUT2D eigenvalue weighted by Crippen LogP contribution is -2.56. The van der Waals surface area contributed by atoms with Gasteiger partial charge in [-0.3, -0.25) is 0 Å². The van der Waals surface area contributed by atoms with Gasteiger partial charge in [-0.25, -0.2) is 0 Å². The Morgan fingerprint density at radius 3 is 2.31 bits per heavy atom. The van der Waals surface area contributed by atoms with Crippen molar-refractivity contribution in [2.24, 2.45) is 5.92 Å². The van der Waals surface area contributed by atoms with Crippen LogP contribution in [0.25, 0.3) is 0 Å². The van der Waals surface area contributed by atoms with E-state index in [4.69, 9.17) is 0 Å². The summed E-state index contributed by atoms with van der Waals surface area (Å²) in [6.45, 7) is 8.00. The van der Waals surface area contributed by atoms with Crippen molar-refractivity contribution in [2.45, 2.75) is 64.5 Å². The normalized spacial score (nSPS) is 22.1. The van der Waals surface area contributed by atoms with E-state index in [-0.39, 0.29) is 0 Å². The van der Waals surface area contributed by atoms with Gasteiger partial charge in [0.1, 0.15) is 0 Å². The van der Waals surface area contributed by atoms with Crippen LogP contribution in [0.2, 0.25) is 0 Å². The molecule has 0 heterocycles. The predicted octanol–water partition coefficient (Wildman–Crippen LogP) is 2.89. The number of nitrogens with one attached hydrogen (secondary N) is 1. The molecule has 2 unspecified atom stereocenters. The van der Waals surface area contributed by atoms with Gasteiger partial charge in [0.05, 0.1) is 0 Å². The molecule has 0 aromatic carbocycles. The molecular formula is C14H30N2. The van der Waals surface area contributed by atoms with Gasteiger partial charge >= 0.3 is 0 Å². The van der Waals surface area contributed by atoms with Gasteiger partial charge in [0.2, 0.25) is 0 Å². The Labute approximate surface area is 102 Å². The maximum Gasteiger partial charge on any atom is 0.0325 e. The van der Waals surface area contributed by atoms with Crippen LogP contribution in [0.3, 0.4) is 0 Å². The predicted molar refractivity (Wildman–Crippen MR) is 71.8 cm³/mol. The Balaban J connectivity index is 2.55. The van der Waals surface area contributed by atoms with Crippen molar-refractivity contribution in [1.82, 2.24) is 10.2 Å². The molecule has 0 radical (unpaired) electrons. The molecular weight excluding hydrogens is 196 g/mol. The van der Waals surface area contributed by atoms with Crippen molar-refractivity contribution in [3.05, 3.63) is 0 Å². The summed E-state index contributed by atoms with van der Waals surface area (Å²) in [7, 11) is 4.43. The fourth-order valence-electron chi connectivity index (χ4n) is 2.56. The average molecular weight is 226 g/mol. The van der Waals surface area contributed by atoms with Gasteiger partial charge in [-0.15, -0.1) is 0 Å². The van der Waals surface area contributed by atoms with Crippen molar-refractivity contribution >= 4 is 0 Å². The molecule has 1 aliphatic rings. The molecule has 1 aliphatic carbocycles. The maximum absolute atomic E-state index is 3.70. The molecule has 2 heteroatoms. The molecule has 1 N–H and O–H groups in total. The summed E-state index contributed by atoms with van der Waals surface area (Å²) in [4.78, 5) is 2.40. The summed E-state index contributed by atoms with van der Waals surface area (Å²) in [5, 5.41) is 3.70. The second kappa shape index (κ2) is 6.02. The van der Waals surface area contributed by atoms with Crippen LogP contribution in [0.5, 0.6) is 0 Å². The van der Waals surface area contributed by atoms with Gasteiger partial charge < -0.3 is 10.2 Å². The number of hydrogen-bond donors (Lipinski definition) is 1. The topological polar surface area (TPSA) is 15.3 Å². The molecule has 0 amide bonds. The van der Waals surface area contributed by atoms with Gasteiger partial charge in [-0.2, -0.15) is 0 Å². The summed E-state index contributed by atoms with van der Waals surface area (Å²) < 4.78 is 0. The molecule has 96 valence electrons. The van der Waals surface area contributed by atoms with Gasteiger partial charge in [-0.1, -0.05) is 26.7 Å². The second-order valence-corrected chi connectivity index (χ2v) is 5.74. The number of likely N-dealkylation sites (N-methyl/N-ethyl adjacent to an activating group) is 2. The highest BCUT2D eigenvalue weighted by Gasteiger charge is 2.35. The standard InChI is InChI=1S/C14H30N2/c1-6-14(3,16(4)5)13(15-7-2)11-10-12-8-9-12/h12-13,15H,6-11H2,1-5H3. The van der Waals surface area contributed by atoms with Crippen molar-refractivity contribution in [3.63, 3.8) is 0 Å². The summed E-state index contributed by atoms with van der Waals surface area (Å²) in [6.07, 6.45) is 6.91. The smallest absolute Gasteiger partial charge is 0.0325 e. The zero-order chi connectivity index (χ0) is 12.2. The van der Waals surface area contributed by atoms with Crippen LogP contribution < -0.4 is 5.32 Å². The Bertz CT molecular complexity index is 199. The van der Waals surface area contributed by atoms with Gasteiger partial charge in [0, 0.05) is 11.6 Å². The Kier molecular flexibility index (Phi) is 5.26. The first-order valence-corrected chi connectivity index (χ1v) is 6.95. The molecule has 0 aliphatic heterocycles. The lowest BCUT2D eigenvalue weighted by molar-refractivity contribution is 0.107. The van der Waals surface area contributed by atoms with E-state index >= 15 is 0 Å². The van der Waals surface area contributed by atoms with Gasteiger partial charge in [0.15, 0.2) is 0 Å². The number of nitrogens with zero attached hydrogens (tertiary/aromatic N) is 1. The minimum Gasteiger partial charge on any atom is -0.312 e. The Hall–Kier alpha value is -0.0800. The first kappa shape index (κ1) is 14.0. The molecule has 0 saturated heterocycles. The molecule has 2 atom stereocenters. The SMILES string of the molecule is CCNC(CCC1CC1)C(C)(CC)N(C)C. The van der Waals surface area contributed by atoms with E-state index in [0.29, 0.717) is 11.6 Å². The highest BCUT2D eigenvalue weighted by atomic mass is 15.2. The summed E-state index contributed by atoms with van der Waals surface area (Å²) in [5.41, 5.74) is 0.297. The van der Waals surface area contributed by atoms with Crippen LogP contribution >= 0.6 is 0 Å². The second-order valence-electron chi connectivity index (χ2n) is 5.74. The molecule has 0 aromatic heterocycles. The van der Waals surface area contributed by atoms with Crippen LogP contribution in [0.4, 0.5) is 0 Å². The van der Waals surface area contributed by atoms with Crippen LogP contribution in [0, 0.1) is 5.92 Å². The van der Waals surface area contributed by atoms with Crippen molar-refractivity contribution in [3.8, 4) is 0 Å². The van der Waals surface area contributed by atoms with Crippen LogP contribution in [0.15, 0.2) is 0 Å². The molecule has 0 bridgehead atoms. The van der Waals surface area contributed by atoms with Crippen LogP contribution in [0.1, 0.15) is 52.9 Å². The van der Waals surface area contributed by atoms with E-state index < -0.39 is 0 Å². The first-order chi connectivity index (χ1) is 7.54. The molecule has 0 spiro atoms. The highest BCUT2D eigenvalue weighted by Crippen LogP contribution is 2.35. The summed E-state index contributed by atoms with van der Waals surface area (Å²) in [6, 6.07) is 0.637. The number of hydrogen-bond acceptors (Lipinski definition) is 2. The molecule has 1 saturated carbocycles. The van der Waals surface area contributed by atoms with E-state index in [9.17, 15) is 0 Å². The third kappa shape index (κ3) is 3.46. The molecule has 2 nitrogen and oxygen atoms in total.